The number of nitrogens with zero attached hydrogens (tertiary/aromatic N) is 3. The Bertz CT molecular complexity index is 932. The zero-order valence-corrected chi connectivity index (χ0v) is 15.1. The largest absolute Gasteiger partial charge is 0.493 e. The number of hydrogen-bond acceptors (Lipinski definition) is 3. The minimum absolute atomic E-state index is 0.373. The molecule has 0 N–H and O–H groups in total. The molecule has 0 spiro atoms. The van der Waals surface area contributed by atoms with Gasteiger partial charge in [0, 0.05) is 43.2 Å². The monoisotopic (exact) mass is 345 g/mol. The Balaban J connectivity index is 1.38. The number of aromatic nitrogens is 2. The second-order valence-corrected chi connectivity index (χ2v) is 7.23. The molecule has 1 aromatic heterocycles. The first-order chi connectivity index (χ1) is 12.8. The van der Waals surface area contributed by atoms with Gasteiger partial charge in [-0.3, -0.25) is 4.90 Å². The van der Waals surface area contributed by atoms with E-state index < -0.39 is 0 Å². The second kappa shape index (κ2) is 6.29. The van der Waals surface area contributed by atoms with E-state index in [4.69, 9.17) is 4.74 Å². The highest BCUT2D eigenvalue weighted by Crippen LogP contribution is 2.33. The van der Waals surface area contributed by atoms with Crippen molar-refractivity contribution in [2.45, 2.75) is 32.4 Å². The molecular weight excluding hydrogens is 322 g/mol. The fourth-order valence-electron chi connectivity index (χ4n) is 4.13. The van der Waals surface area contributed by atoms with E-state index in [9.17, 15) is 0 Å². The minimum Gasteiger partial charge on any atom is -0.493 e. The number of para-hydroxylation sites is 1. The number of ether oxygens (including phenoxy) is 1. The molecule has 0 saturated carbocycles. The van der Waals surface area contributed by atoms with Crippen molar-refractivity contribution in [2.75, 3.05) is 13.2 Å². The van der Waals surface area contributed by atoms with Crippen LogP contribution in [0.3, 0.4) is 0 Å². The summed E-state index contributed by atoms with van der Waals surface area (Å²) >= 11 is 0. The van der Waals surface area contributed by atoms with Crippen molar-refractivity contribution in [3.05, 3.63) is 77.1 Å². The summed E-state index contributed by atoms with van der Waals surface area (Å²) in [6, 6.07) is 17.5. The van der Waals surface area contributed by atoms with Crippen LogP contribution in [0.1, 0.15) is 35.3 Å². The zero-order valence-electron chi connectivity index (χ0n) is 15.1. The number of hydrogen-bond donors (Lipinski definition) is 0. The number of fused-ring (bicyclic) bond motifs is 2. The molecule has 0 amide bonds. The first-order valence-electron chi connectivity index (χ1n) is 9.40. The van der Waals surface area contributed by atoms with Crippen molar-refractivity contribution in [3.8, 4) is 11.4 Å². The Morgan fingerprint density at radius 1 is 1.04 bits per heavy atom. The highest BCUT2D eigenvalue weighted by atomic mass is 16.5. The molecule has 2 aromatic carbocycles. The van der Waals surface area contributed by atoms with Crippen molar-refractivity contribution < 1.29 is 4.74 Å². The lowest BCUT2D eigenvalue weighted by Crippen LogP contribution is -2.33. The van der Waals surface area contributed by atoms with Gasteiger partial charge in [0.25, 0.3) is 0 Å². The highest BCUT2D eigenvalue weighted by molar-refractivity contribution is 5.41. The van der Waals surface area contributed by atoms with E-state index >= 15 is 0 Å². The van der Waals surface area contributed by atoms with E-state index in [1.807, 2.05) is 12.3 Å². The molecule has 0 bridgehead atoms. The van der Waals surface area contributed by atoms with Crippen LogP contribution < -0.4 is 4.74 Å². The van der Waals surface area contributed by atoms with Gasteiger partial charge in [-0.1, -0.05) is 30.3 Å². The van der Waals surface area contributed by atoms with Crippen LogP contribution in [0.4, 0.5) is 0 Å². The van der Waals surface area contributed by atoms with Gasteiger partial charge in [-0.15, -0.1) is 0 Å². The maximum absolute atomic E-state index is 5.75. The molecule has 0 radical (unpaired) electrons. The van der Waals surface area contributed by atoms with E-state index in [1.165, 1.54) is 22.4 Å². The average molecular weight is 345 g/mol. The number of benzene rings is 2. The Hall–Kier alpha value is -2.59. The van der Waals surface area contributed by atoms with Crippen molar-refractivity contribution in [2.24, 2.45) is 0 Å². The lowest BCUT2D eigenvalue weighted by atomic mass is 10.00. The molecule has 132 valence electrons. The van der Waals surface area contributed by atoms with Crippen LogP contribution in [0.15, 0.2) is 54.7 Å². The molecule has 3 aromatic rings. The SMILES string of the molecule is CC(c1ccc2c(c1)OCC2)N1CCc2c(cnn2-c2ccccc2)C1. The average Bonchev–Trinajstić information content (AvgIpc) is 3.33. The summed E-state index contributed by atoms with van der Waals surface area (Å²) in [5.74, 6) is 1.07. The second-order valence-electron chi connectivity index (χ2n) is 7.23. The molecule has 1 atom stereocenters. The van der Waals surface area contributed by atoms with Crippen LogP contribution in [0.5, 0.6) is 5.75 Å². The molecular formula is C22H23N3O. The Labute approximate surface area is 154 Å². The van der Waals surface area contributed by atoms with Gasteiger partial charge in [-0.2, -0.15) is 5.10 Å². The summed E-state index contributed by atoms with van der Waals surface area (Å²) < 4.78 is 7.85. The fourth-order valence-corrected chi connectivity index (χ4v) is 4.13. The number of rotatable bonds is 3. The molecule has 5 rings (SSSR count). The third-order valence-electron chi connectivity index (χ3n) is 5.72. The predicted molar refractivity (Wildman–Crippen MR) is 102 cm³/mol. The van der Waals surface area contributed by atoms with Gasteiger partial charge in [-0.05, 0) is 36.2 Å². The molecule has 2 aliphatic heterocycles. The fraction of sp³-hybridized carbons (Fsp3) is 0.318. The van der Waals surface area contributed by atoms with E-state index in [0.717, 1.165) is 44.0 Å². The van der Waals surface area contributed by atoms with E-state index in [-0.39, 0.29) is 0 Å². The molecule has 1 unspecified atom stereocenters. The molecule has 0 aliphatic carbocycles. The van der Waals surface area contributed by atoms with Crippen molar-refractivity contribution in [1.29, 1.82) is 0 Å². The van der Waals surface area contributed by atoms with Gasteiger partial charge in [0.2, 0.25) is 0 Å². The smallest absolute Gasteiger partial charge is 0.122 e. The van der Waals surface area contributed by atoms with Crippen molar-refractivity contribution >= 4 is 0 Å². The summed E-state index contributed by atoms with van der Waals surface area (Å²) in [7, 11) is 0. The van der Waals surface area contributed by atoms with Crippen LogP contribution in [-0.2, 0) is 19.4 Å². The maximum Gasteiger partial charge on any atom is 0.122 e. The van der Waals surface area contributed by atoms with Gasteiger partial charge in [0.15, 0.2) is 0 Å². The normalized spacial score (nSPS) is 17.4. The van der Waals surface area contributed by atoms with Crippen molar-refractivity contribution in [1.82, 2.24) is 14.7 Å². The van der Waals surface area contributed by atoms with Crippen LogP contribution >= 0.6 is 0 Å². The maximum atomic E-state index is 5.75. The van der Waals surface area contributed by atoms with Crippen LogP contribution in [0.2, 0.25) is 0 Å². The molecule has 0 saturated heterocycles. The summed E-state index contributed by atoms with van der Waals surface area (Å²) in [6.45, 7) is 5.11. The lowest BCUT2D eigenvalue weighted by Gasteiger charge is -2.33. The minimum atomic E-state index is 0.373. The van der Waals surface area contributed by atoms with Crippen LogP contribution in [0.25, 0.3) is 5.69 Å². The van der Waals surface area contributed by atoms with Gasteiger partial charge in [0.1, 0.15) is 5.75 Å². The van der Waals surface area contributed by atoms with Crippen molar-refractivity contribution in [3.63, 3.8) is 0 Å². The standard InChI is InChI=1S/C22H23N3O/c1-16(18-8-7-17-10-12-26-22(17)13-18)24-11-9-21-19(15-24)14-23-25(21)20-5-3-2-4-6-20/h2-8,13-14,16H,9-12,15H2,1H3. The highest BCUT2D eigenvalue weighted by Gasteiger charge is 2.26. The predicted octanol–water partition coefficient (Wildman–Crippen LogP) is 3.93. The van der Waals surface area contributed by atoms with E-state index in [0.29, 0.717) is 6.04 Å². The Kier molecular flexibility index (Phi) is 3.79. The molecule has 4 nitrogen and oxygen atoms in total. The summed E-state index contributed by atoms with van der Waals surface area (Å²) in [4.78, 5) is 2.54. The summed E-state index contributed by atoms with van der Waals surface area (Å²) in [5.41, 5.74) is 6.50. The molecule has 26 heavy (non-hydrogen) atoms. The zero-order chi connectivity index (χ0) is 17.5. The first kappa shape index (κ1) is 15.6. The third kappa shape index (κ3) is 2.61. The molecule has 2 aliphatic rings. The summed E-state index contributed by atoms with van der Waals surface area (Å²) in [6.07, 6.45) is 4.10. The quantitative estimate of drug-likeness (QED) is 0.721. The molecule has 0 fully saturated rings. The summed E-state index contributed by atoms with van der Waals surface area (Å²) in [5, 5.41) is 4.65. The topological polar surface area (TPSA) is 30.3 Å². The third-order valence-corrected chi connectivity index (χ3v) is 5.72. The first-order valence-corrected chi connectivity index (χ1v) is 9.40. The molecule has 3 heterocycles. The van der Waals surface area contributed by atoms with Crippen LogP contribution in [-0.4, -0.2) is 27.8 Å². The van der Waals surface area contributed by atoms with E-state index in [1.54, 1.807) is 0 Å². The Morgan fingerprint density at radius 3 is 2.81 bits per heavy atom. The van der Waals surface area contributed by atoms with Crippen LogP contribution in [0, 0.1) is 0 Å². The Morgan fingerprint density at radius 2 is 1.92 bits per heavy atom. The van der Waals surface area contributed by atoms with Gasteiger partial charge < -0.3 is 4.74 Å². The van der Waals surface area contributed by atoms with E-state index in [2.05, 4.69) is 64.1 Å². The lowest BCUT2D eigenvalue weighted by molar-refractivity contribution is 0.190. The van der Waals surface area contributed by atoms with Gasteiger partial charge in [0.05, 0.1) is 18.5 Å². The van der Waals surface area contributed by atoms with Gasteiger partial charge in [-0.25, -0.2) is 4.68 Å². The molecule has 4 heteroatoms. The van der Waals surface area contributed by atoms with Gasteiger partial charge >= 0.3 is 0 Å².